The van der Waals surface area contributed by atoms with Gasteiger partial charge in [0.2, 0.25) is 0 Å². The zero-order chi connectivity index (χ0) is 13.0. The standard InChI is InChI=1S/C14H19BrFNO/c15-14-7-12(16)5-4-11(14)9-17-8-10-2-1-3-13(18)6-10/h4-5,7,10,13,17-18H,1-3,6,8-9H2. The van der Waals surface area contributed by atoms with Crippen molar-refractivity contribution in [2.45, 2.75) is 38.3 Å². The fourth-order valence-corrected chi connectivity index (χ4v) is 3.02. The van der Waals surface area contributed by atoms with Gasteiger partial charge in [0.15, 0.2) is 0 Å². The first-order valence-corrected chi connectivity index (χ1v) is 7.27. The Bertz CT molecular complexity index is 399. The zero-order valence-electron chi connectivity index (χ0n) is 10.3. The van der Waals surface area contributed by atoms with E-state index in [9.17, 15) is 9.50 Å². The summed E-state index contributed by atoms with van der Waals surface area (Å²) in [6, 6.07) is 4.76. The van der Waals surface area contributed by atoms with Gasteiger partial charge in [-0.05, 0) is 49.4 Å². The molecule has 0 radical (unpaired) electrons. The summed E-state index contributed by atoms with van der Waals surface area (Å²) in [6.07, 6.45) is 4.03. The van der Waals surface area contributed by atoms with Gasteiger partial charge < -0.3 is 10.4 Å². The van der Waals surface area contributed by atoms with Crippen molar-refractivity contribution in [2.75, 3.05) is 6.54 Å². The molecule has 1 aromatic rings. The van der Waals surface area contributed by atoms with Gasteiger partial charge in [-0.15, -0.1) is 0 Å². The lowest BCUT2D eigenvalue weighted by Gasteiger charge is -2.26. The second kappa shape index (κ2) is 6.64. The summed E-state index contributed by atoms with van der Waals surface area (Å²) in [5.41, 5.74) is 1.06. The van der Waals surface area contributed by atoms with Crippen LogP contribution in [0.3, 0.4) is 0 Å². The Kier molecular flexibility index (Phi) is 5.15. The molecule has 0 spiro atoms. The van der Waals surface area contributed by atoms with Gasteiger partial charge in [0, 0.05) is 11.0 Å². The molecular formula is C14H19BrFNO. The van der Waals surface area contributed by atoms with Crippen molar-refractivity contribution in [1.29, 1.82) is 0 Å². The highest BCUT2D eigenvalue weighted by atomic mass is 79.9. The molecule has 2 N–H and O–H groups in total. The van der Waals surface area contributed by atoms with E-state index in [2.05, 4.69) is 21.2 Å². The largest absolute Gasteiger partial charge is 0.393 e. The third-order valence-electron chi connectivity index (χ3n) is 3.52. The number of rotatable bonds is 4. The molecule has 0 saturated heterocycles. The van der Waals surface area contributed by atoms with Crippen LogP contribution < -0.4 is 5.32 Å². The lowest BCUT2D eigenvalue weighted by molar-refractivity contribution is 0.101. The molecule has 18 heavy (non-hydrogen) atoms. The first-order chi connectivity index (χ1) is 8.65. The summed E-state index contributed by atoms with van der Waals surface area (Å²) < 4.78 is 13.7. The van der Waals surface area contributed by atoms with Crippen LogP contribution in [0.2, 0.25) is 0 Å². The van der Waals surface area contributed by atoms with E-state index < -0.39 is 0 Å². The van der Waals surface area contributed by atoms with E-state index in [0.717, 1.165) is 42.4 Å². The van der Waals surface area contributed by atoms with Crippen molar-refractivity contribution in [1.82, 2.24) is 5.32 Å². The first-order valence-electron chi connectivity index (χ1n) is 6.48. The second-order valence-corrected chi connectivity index (χ2v) is 5.91. The van der Waals surface area contributed by atoms with Crippen LogP contribution in [0, 0.1) is 11.7 Å². The van der Waals surface area contributed by atoms with Crippen LogP contribution >= 0.6 is 15.9 Å². The molecule has 2 unspecified atom stereocenters. The molecule has 1 aliphatic carbocycles. The molecule has 1 aromatic carbocycles. The van der Waals surface area contributed by atoms with E-state index in [0.29, 0.717) is 5.92 Å². The highest BCUT2D eigenvalue weighted by molar-refractivity contribution is 9.10. The highest BCUT2D eigenvalue weighted by Crippen LogP contribution is 2.24. The molecule has 100 valence electrons. The molecule has 0 aromatic heterocycles. The molecule has 0 heterocycles. The molecule has 1 saturated carbocycles. The number of halogens is 2. The van der Waals surface area contributed by atoms with Crippen LogP contribution in [0.5, 0.6) is 0 Å². The summed E-state index contributed by atoms with van der Waals surface area (Å²) in [5.74, 6) is 0.342. The Morgan fingerprint density at radius 2 is 2.22 bits per heavy atom. The maximum absolute atomic E-state index is 12.9. The lowest BCUT2D eigenvalue weighted by atomic mass is 9.87. The van der Waals surface area contributed by atoms with E-state index in [-0.39, 0.29) is 11.9 Å². The summed E-state index contributed by atoms with van der Waals surface area (Å²) in [6.45, 7) is 1.65. The Balaban J connectivity index is 1.77. The van der Waals surface area contributed by atoms with Crippen molar-refractivity contribution >= 4 is 15.9 Å². The monoisotopic (exact) mass is 315 g/mol. The maximum atomic E-state index is 12.9. The third kappa shape index (κ3) is 4.04. The molecule has 2 nitrogen and oxygen atoms in total. The highest BCUT2D eigenvalue weighted by Gasteiger charge is 2.19. The molecule has 2 rings (SSSR count). The smallest absolute Gasteiger partial charge is 0.124 e. The van der Waals surface area contributed by atoms with Gasteiger partial charge in [0.1, 0.15) is 5.82 Å². The van der Waals surface area contributed by atoms with Gasteiger partial charge in [-0.25, -0.2) is 4.39 Å². The van der Waals surface area contributed by atoms with Crippen molar-refractivity contribution in [3.63, 3.8) is 0 Å². The minimum absolute atomic E-state index is 0.122. The van der Waals surface area contributed by atoms with Crippen LogP contribution in [-0.4, -0.2) is 17.8 Å². The molecule has 0 aliphatic heterocycles. The van der Waals surface area contributed by atoms with E-state index in [1.807, 2.05) is 0 Å². The fourth-order valence-electron chi connectivity index (χ4n) is 2.52. The lowest BCUT2D eigenvalue weighted by Crippen LogP contribution is -2.29. The van der Waals surface area contributed by atoms with Gasteiger partial charge in [0.05, 0.1) is 6.10 Å². The van der Waals surface area contributed by atoms with E-state index >= 15 is 0 Å². The number of aliphatic hydroxyl groups excluding tert-OH is 1. The van der Waals surface area contributed by atoms with E-state index in [1.165, 1.54) is 18.6 Å². The predicted molar refractivity (Wildman–Crippen MR) is 73.8 cm³/mol. The quantitative estimate of drug-likeness (QED) is 0.894. The number of benzene rings is 1. The van der Waals surface area contributed by atoms with Crippen LogP contribution in [0.4, 0.5) is 4.39 Å². The normalized spacial score (nSPS) is 24.2. The van der Waals surface area contributed by atoms with Crippen LogP contribution in [-0.2, 0) is 6.54 Å². The van der Waals surface area contributed by atoms with Gasteiger partial charge in [0.25, 0.3) is 0 Å². The molecule has 1 fully saturated rings. The molecule has 4 heteroatoms. The molecule has 1 aliphatic rings. The van der Waals surface area contributed by atoms with Gasteiger partial charge >= 0.3 is 0 Å². The molecule has 2 atom stereocenters. The average Bonchev–Trinajstić information content (AvgIpc) is 2.32. The Morgan fingerprint density at radius 3 is 2.94 bits per heavy atom. The van der Waals surface area contributed by atoms with Gasteiger partial charge in [-0.2, -0.15) is 0 Å². The van der Waals surface area contributed by atoms with Crippen molar-refractivity contribution in [3.8, 4) is 0 Å². The predicted octanol–water partition coefficient (Wildman–Crippen LogP) is 3.23. The SMILES string of the molecule is OC1CCCC(CNCc2ccc(F)cc2Br)C1. The van der Waals surface area contributed by atoms with Crippen LogP contribution in [0.25, 0.3) is 0 Å². The minimum atomic E-state index is -0.221. The van der Waals surface area contributed by atoms with Crippen LogP contribution in [0.15, 0.2) is 22.7 Å². The van der Waals surface area contributed by atoms with Crippen molar-refractivity contribution in [2.24, 2.45) is 5.92 Å². The number of nitrogens with one attached hydrogen (secondary N) is 1. The molecule has 0 bridgehead atoms. The summed E-state index contributed by atoms with van der Waals surface area (Å²) in [5, 5.41) is 13.0. The summed E-state index contributed by atoms with van der Waals surface area (Å²) >= 11 is 3.36. The second-order valence-electron chi connectivity index (χ2n) is 5.05. The number of aliphatic hydroxyl groups is 1. The van der Waals surface area contributed by atoms with E-state index in [4.69, 9.17) is 0 Å². The average molecular weight is 316 g/mol. The minimum Gasteiger partial charge on any atom is -0.393 e. The van der Waals surface area contributed by atoms with Crippen LogP contribution in [0.1, 0.15) is 31.2 Å². The summed E-state index contributed by atoms with van der Waals surface area (Å²) in [7, 11) is 0. The number of hydrogen-bond donors (Lipinski definition) is 2. The Hall–Kier alpha value is -0.450. The Labute approximate surface area is 116 Å². The van der Waals surface area contributed by atoms with Gasteiger partial charge in [-0.3, -0.25) is 0 Å². The number of hydrogen-bond acceptors (Lipinski definition) is 2. The summed E-state index contributed by atoms with van der Waals surface area (Å²) in [4.78, 5) is 0. The van der Waals surface area contributed by atoms with Crippen molar-refractivity contribution in [3.05, 3.63) is 34.1 Å². The molecular weight excluding hydrogens is 297 g/mol. The third-order valence-corrected chi connectivity index (χ3v) is 4.26. The van der Waals surface area contributed by atoms with E-state index in [1.54, 1.807) is 6.07 Å². The van der Waals surface area contributed by atoms with Gasteiger partial charge in [-0.1, -0.05) is 28.4 Å². The zero-order valence-corrected chi connectivity index (χ0v) is 11.9. The molecule has 0 amide bonds. The Morgan fingerprint density at radius 1 is 1.39 bits per heavy atom. The first kappa shape index (κ1) is 14.0. The van der Waals surface area contributed by atoms with Crippen molar-refractivity contribution < 1.29 is 9.50 Å². The topological polar surface area (TPSA) is 32.3 Å². The maximum Gasteiger partial charge on any atom is 0.124 e. The fraction of sp³-hybridized carbons (Fsp3) is 0.571.